The second kappa shape index (κ2) is 5.00. The van der Waals surface area contributed by atoms with Gasteiger partial charge in [-0.15, -0.1) is 0 Å². The Hall–Kier alpha value is -1.90. The summed E-state index contributed by atoms with van der Waals surface area (Å²) in [6, 6.07) is 17.1. The molecule has 3 rings (SSSR count). The fraction of sp³-hybridized carbons (Fsp3) is 0.176. The molecule has 0 radical (unpaired) electrons. The molecule has 0 heterocycles. The Labute approximate surface area is 113 Å². The van der Waals surface area contributed by atoms with E-state index in [0.717, 1.165) is 6.42 Å². The van der Waals surface area contributed by atoms with Crippen LogP contribution in [0.3, 0.4) is 0 Å². The Morgan fingerprint density at radius 1 is 1.05 bits per heavy atom. The molecule has 2 aromatic carbocycles. The molecule has 1 aliphatic carbocycles. The predicted molar refractivity (Wildman–Crippen MR) is 80.2 cm³/mol. The molecule has 1 aliphatic rings. The molecule has 96 valence electrons. The number of rotatable bonds is 1. The van der Waals surface area contributed by atoms with Crippen LogP contribution in [0.5, 0.6) is 0 Å². The minimum absolute atomic E-state index is 0.154. The van der Waals surface area contributed by atoms with E-state index in [0.29, 0.717) is 0 Å². The van der Waals surface area contributed by atoms with Gasteiger partial charge in [0, 0.05) is 0 Å². The lowest BCUT2D eigenvalue weighted by molar-refractivity contribution is 0.550. The number of fused-ring (bicyclic) bond motifs is 2. The fourth-order valence-corrected chi connectivity index (χ4v) is 2.83. The van der Waals surface area contributed by atoms with Gasteiger partial charge in [-0.05, 0) is 41.2 Å². The maximum Gasteiger partial charge on any atom is 0.0506 e. The van der Waals surface area contributed by atoms with Crippen molar-refractivity contribution in [3.05, 3.63) is 70.8 Å². The molecule has 1 unspecified atom stereocenters. The summed E-state index contributed by atoms with van der Waals surface area (Å²) in [6.45, 7) is 2.17. The van der Waals surface area contributed by atoms with Crippen molar-refractivity contribution in [2.45, 2.75) is 19.4 Å². The normalized spacial score (nSPS) is 20.5. The molecule has 2 nitrogen and oxygen atoms in total. The first-order chi connectivity index (χ1) is 9.29. The molecular formula is C17H18N2. The van der Waals surface area contributed by atoms with Gasteiger partial charge in [0.2, 0.25) is 0 Å². The molecule has 2 heteroatoms. The van der Waals surface area contributed by atoms with Crippen molar-refractivity contribution in [1.82, 2.24) is 5.43 Å². The van der Waals surface area contributed by atoms with E-state index >= 15 is 0 Å². The third-order valence-corrected chi connectivity index (χ3v) is 3.81. The number of hydrazine groups is 1. The molecule has 0 saturated heterocycles. The summed E-state index contributed by atoms with van der Waals surface area (Å²) in [5.41, 5.74) is 9.43. The average Bonchev–Trinajstić information content (AvgIpc) is 2.44. The van der Waals surface area contributed by atoms with Gasteiger partial charge < -0.3 is 0 Å². The van der Waals surface area contributed by atoms with Gasteiger partial charge in [-0.2, -0.15) is 0 Å². The molecule has 0 bridgehead atoms. The molecule has 0 fully saturated rings. The van der Waals surface area contributed by atoms with E-state index in [-0.39, 0.29) is 6.04 Å². The van der Waals surface area contributed by atoms with Crippen molar-refractivity contribution in [2.75, 3.05) is 0 Å². The summed E-state index contributed by atoms with van der Waals surface area (Å²) in [5, 5.41) is 0. The van der Waals surface area contributed by atoms with Crippen molar-refractivity contribution in [2.24, 2.45) is 5.84 Å². The first kappa shape index (κ1) is 12.2. The highest BCUT2D eigenvalue weighted by Crippen LogP contribution is 2.31. The van der Waals surface area contributed by atoms with Crippen LogP contribution in [0.1, 0.15) is 35.2 Å². The van der Waals surface area contributed by atoms with Gasteiger partial charge in [0.25, 0.3) is 0 Å². The topological polar surface area (TPSA) is 38.0 Å². The molecule has 3 N–H and O–H groups in total. The van der Waals surface area contributed by atoms with Gasteiger partial charge in [-0.3, -0.25) is 11.3 Å². The maximum atomic E-state index is 5.76. The largest absolute Gasteiger partial charge is 0.271 e. The van der Waals surface area contributed by atoms with Crippen molar-refractivity contribution in [1.29, 1.82) is 0 Å². The highest BCUT2D eigenvalue weighted by atomic mass is 15.2. The highest BCUT2D eigenvalue weighted by Gasteiger charge is 2.18. The molecule has 0 aromatic heterocycles. The van der Waals surface area contributed by atoms with Crippen molar-refractivity contribution >= 4 is 11.6 Å². The molecule has 0 amide bonds. The van der Waals surface area contributed by atoms with Gasteiger partial charge in [-0.25, -0.2) is 0 Å². The van der Waals surface area contributed by atoms with Gasteiger partial charge in [0.15, 0.2) is 0 Å². The van der Waals surface area contributed by atoms with Crippen LogP contribution in [-0.2, 0) is 6.42 Å². The second-order valence-electron chi connectivity index (χ2n) is 5.04. The first-order valence-corrected chi connectivity index (χ1v) is 6.61. The molecule has 1 atom stereocenters. The van der Waals surface area contributed by atoms with E-state index in [1.807, 2.05) is 0 Å². The summed E-state index contributed by atoms with van der Waals surface area (Å²) >= 11 is 0. The molecule has 0 aliphatic heterocycles. The lowest BCUT2D eigenvalue weighted by Gasteiger charge is -2.23. The molecule has 19 heavy (non-hydrogen) atoms. The van der Waals surface area contributed by atoms with Crippen LogP contribution in [0.2, 0.25) is 0 Å². The summed E-state index contributed by atoms with van der Waals surface area (Å²) in [6.07, 6.45) is 3.16. The fourth-order valence-electron chi connectivity index (χ4n) is 2.83. The van der Waals surface area contributed by atoms with Crippen LogP contribution in [0.15, 0.2) is 48.5 Å². The summed E-state index contributed by atoms with van der Waals surface area (Å²) in [5.74, 6) is 5.76. The second-order valence-corrected chi connectivity index (χ2v) is 5.04. The highest BCUT2D eigenvalue weighted by molar-refractivity contribution is 5.83. The monoisotopic (exact) mass is 250 g/mol. The zero-order valence-electron chi connectivity index (χ0n) is 11.1. The molecule has 0 spiro atoms. The number of hydrogen-bond donors (Lipinski definition) is 2. The zero-order valence-corrected chi connectivity index (χ0v) is 11.1. The van der Waals surface area contributed by atoms with Crippen molar-refractivity contribution in [3.63, 3.8) is 0 Å². The van der Waals surface area contributed by atoms with Crippen molar-refractivity contribution in [3.8, 4) is 0 Å². The van der Waals surface area contributed by atoms with Crippen molar-refractivity contribution < 1.29 is 0 Å². The van der Waals surface area contributed by atoms with E-state index in [2.05, 4.69) is 67.0 Å². The van der Waals surface area contributed by atoms with Crippen LogP contribution < -0.4 is 11.3 Å². The Morgan fingerprint density at radius 2 is 1.79 bits per heavy atom. The van der Waals surface area contributed by atoms with E-state index in [1.165, 1.54) is 27.8 Å². The number of nitrogens with one attached hydrogen (secondary N) is 1. The Kier molecular flexibility index (Phi) is 3.20. The Bertz CT molecular complexity index is 629. The minimum atomic E-state index is 0.154. The summed E-state index contributed by atoms with van der Waals surface area (Å²) < 4.78 is 0. The number of allylic oxidation sites excluding steroid dienone is 1. The minimum Gasteiger partial charge on any atom is -0.271 e. The molecular weight excluding hydrogens is 232 g/mol. The van der Waals surface area contributed by atoms with E-state index in [1.54, 1.807) is 0 Å². The first-order valence-electron chi connectivity index (χ1n) is 6.61. The van der Waals surface area contributed by atoms with E-state index in [4.69, 9.17) is 5.84 Å². The summed E-state index contributed by atoms with van der Waals surface area (Å²) in [4.78, 5) is 0. The predicted octanol–water partition coefficient (Wildman–Crippen LogP) is 3.31. The summed E-state index contributed by atoms with van der Waals surface area (Å²) in [7, 11) is 0. The van der Waals surface area contributed by atoms with Crippen LogP contribution in [0.25, 0.3) is 11.6 Å². The maximum absolute atomic E-state index is 5.76. The van der Waals surface area contributed by atoms with E-state index in [9.17, 15) is 0 Å². The number of benzene rings is 2. The van der Waals surface area contributed by atoms with E-state index < -0.39 is 0 Å². The van der Waals surface area contributed by atoms with Crippen LogP contribution in [-0.4, -0.2) is 0 Å². The third-order valence-electron chi connectivity index (χ3n) is 3.81. The standard InChI is InChI=1S/C17H18N2/c1-12-10-13-6-3-5-9-16(13)17(19-18)11-14-7-2-4-8-15(12)14/h2-10,17,19H,11,18H2,1H3/b12-10-. The third kappa shape index (κ3) is 2.21. The van der Waals surface area contributed by atoms with Gasteiger partial charge in [0.05, 0.1) is 6.04 Å². The van der Waals surface area contributed by atoms with Gasteiger partial charge in [-0.1, -0.05) is 54.6 Å². The van der Waals surface area contributed by atoms with Crippen LogP contribution >= 0.6 is 0 Å². The average molecular weight is 250 g/mol. The lowest BCUT2D eigenvalue weighted by Crippen LogP contribution is -2.30. The number of nitrogens with two attached hydrogens (primary N) is 1. The Morgan fingerprint density at radius 3 is 2.63 bits per heavy atom. The smallest absolute Gasteiger partial charge is 0.0506 e. The quantitative estimate of drug-likeness (QED) is 0.602. The lowest BCUT2D eigenvalue weighted by atomic mass is 9.87. The van der Waals surface area contributed by atoms with Gasteiger partial charge >= 0.3 is 0 Å². The zero-order chi connectivity index (χ0) is 13.2. The molecule has 2 aromatic rings. The van der Waals surface area contributed by atoms with Crippen LogP contribution in [0, 0.1) is 0 Å². The van der Waals surface area contributed by atoms with Gasteiger partial charge in [0.1, 0.15) is 0 Å². The SMILES string of the molecule is C/C1=C/c2ccccc2C(NN)Cc2ccccc21. The number of hydrogen-bond acceptors (Lipinski definition) is 2. The molecule has 0 saturated carbocycles. The Balaban J connectivity index is 2.22. The van der Waals surface area contributed by atoms with Crippen LogP contribution in [0.4, 0.5) is 0 Å².